The molecule has 0 fully saturated rings. The number of fused-ring (bicyclic) bond motifs is 2. The van der Waals surface area contributed by atoms with Gasteiger partial charge < -0.3 is 18.9 Å². The van der Waals surface area contributed by atoms with E-state index in [-0.39, 0.29) is 56.9 Å². The number of ether oxygens (including phenoxy) is 4. The molecule has 4 aromatic carbocycles. The number of halogens is 6. The van der Waals surface area contributed by atoms with Gasteiger partial charge in [0.1, 0.15) is 23.0 Å². The monoisotopic (exact) mass is 614 g/mol. The quantitative estimate of drug-likeness (QED) is 0.129. The predicted octanol–water partition coefficient (Wildman–Crippen LogP) is 7.60. The molecule has 0 saturated carbocycles. The molecule has 0 aliphatic carbocycles. The molecule has 0 aromatic heterocycles. The van der Waals surface area contributed by atoms with Crippen molar-refractivity contribution in [2.75, 3.05) is 0 Å². The summed E-state index contributed by atoms with van der Waals surface area (Å²) in [7, 11) is 0. The van der Waals surface area contributed by atoms with Gasteiger partial charge in [-0.3, -0.25) is 0 Å². The minimum atomic E-state index is -5.14. The lowest BCUT2D eigenvalue weighted by Gasteiger charge is -2.18. The molecule has 0 amide bonds. The lowest BCUT2D eigenvalue weighted by molar-refractivity contribution is -0.143. The summed E-state index contributed by atoms with van der Waals surface area (Å²) >= 11 is 0. The van der Waals surface area contributed by atoms with Gasteiger partial charge in [-0.1, -0.05) is 0 Å². The van der Waals surface area contributed by atoms with E-state index in [1.54, 1.807) is 0 Å². The molecule has 14 heteroatoms. The molecule has 2 heterocycles. The number of alkyl halides is 6. The third kappa shape index (κ3) is 5.21. The molecule has 0 atom stereocenters. The number of benzene rings is 4. The SMILES string of the molecule is O=C1OC(=O)c2cc(Oc3ccc(Oc4ccc5c(c4)C(=O)OC5=O)c(-c4cc(C(F)(F)F)cc(C(F)(F)F)c4)c3)ccc21. The van der Waals surface area contributed by atoms with Gasteiger partial charge in [0, 0.05) is 5.56 Å². The Kier molecular flexibility index (Phi) is 6.45. The van der Waals surface area contributed by atoms with E-state index < -0.39 is 52.9 Å². The van der Waals surface area contributed by atoms with Gasteiger partial charge in [0.05, 0.1) is 33.4 Å². The van der Waals surface area contributed by atoms with Crippen molar-refractivity contribution in [3.05, 3.63) is 106 Å². The number of esters is 4. The third-order valence-corrected chi connectivity index (χ3v) is 6.55. The first-order valence-electron chi connectivity index (χ1n) is 12.3. The number of cyclic esters (lactones) is 4. The normalized spacial score (nSPS) is 14.2. The Hall–Kier alpha value is -5.66. The molecule has 4 aromatic rings. The van der Waals surface area contributed by atoms with E-state index in [2.05, 4.69) is 9.47 Å². The molecule has 8 nitrogen and oxygen atoms in total. The van der Waals surface area contributed by atoms with Crippen LogP contribution in [0.15, 0.2) is 72.8 Å². The van der Waals surface area contributed by atoms with E-state index in [4.69, 9.17) is 9.47 Å². The number of carbonyl (C=O) groups is 4. The van der Waals surface area contributed by atoms with Gasteiger partial charge in [0.25, 0.3) is 0 Å². The van der Waals surface area contributed by atoms with Crippen molar-refractivity contribution in [1.29, 1.82) is 0 Å². The standard InChI is InChI=1S/C30H12F6O8/c31-29(32,33)14-7-13(8-15(9-14)30(34,35)36)21-10-17(41-16-1-4-19-22(11-16)27(39)43-25(19)37)3-6-24(21)42-18-2-5-20-23(12-18)28(40)44-26(20)38/h1-12H. The minimum absolute atomic E-state index is 0.00292. The van der Waals surface area contributed by atoms with E-state index in [0.29, 0.717) is 12.1 Å². The van der Waals surface area contributed by atoms with Crippen molar-refractivity contribution in [2.24, 2.45) is 0 Å². The fourth-order valence-corrected chi connectivity index (χ4v) is 4.52. The van der Waals surface area contributed by atoms with Gasteiger partial charge in [0.15, 0.2) is 0 Å². The van der Waals surface area contributed by atoms with Crippen LogP contribution < -0.4 is 9.47 Å². The van der Waals surface area contributed by atoms with Crippen LogP contribution in [0.3, 0.4) is 0 Å². The molecule has 2 aliphatic rings. The summed E-state index contributed by atoms with van der Waals surface area (Å²) in [6, 6.07) is 11.9. The first kappa shape index (κ1) is 28.5. The summed E-state index contributed by atoms with van der Waals surface area (Å²) in [6.07, 6.45) is -10.3. The lowest BCUT2D eigenvalue weighted by atomic mass is 9.98. The highest BCUT2D eigenvalue weighted by molar-refractivity contribution is 6.15. The molecule has 0 spiro atoms. The molecular weight excluding hydrogens is 602 g/mol. The Morgan fingerprint density at radius 2 is 0.864 bits per heavy atom. The summed E-state index contributed by atoms with van der Waals surface area (Å²) < 4.78 is 103. The molecular formula is C30H12F6O8. The third-order valence-electron chi connectivity index (χ3n) is 6.55. The fraction of sp³-hybridized carbons (Fsp3) is 0.0667. The van der Waals surface area contributed by atoms with Crippen molar-refractivity contribution < 1.29 is 64.5 Å². The minimum Gasteiger partial charge on any atom is -0.457 e. The average molecular weight is 614 g/mol. The Balaban J connectivity index is 1.46. The molecule has 222 valence electrons. The van der Waals surface area contributed by atoms with Crippen molar-refractivity contribution >= 4 is 23.9 Å². The van der Waals surface area contributed by atoms with E-state index in [1.165, 1.54) is 42.5 Å². The van der Waals surface area contributed by atoms with Gasteiger partial charge in [-0.15, -0.1) is 0 Å². The van der Waals surface area contributed by atoms with Crippen molar-refractivity contribution in [3.8, 4) is 34.1 Å². The maximum Gasteiger partial charge on any atom is 0.416 e. The second kappa shape index (κ2) is 9.97. The smallest absolute Gasteiger partial charge is 0.416 e. The Morgan fingerprint density at radius 3 is 1.34 bits per heavy atom. The van der Waals surface area contributed by atoms with Crippen LogP contribution in [0, 0.1) is 0 Å². The van der Waals surface area contributed by atoms with Crippen LogP contribution in [0.4, 0.5) is 26.3 Å². The molecule has 0 bridgehead atoms. The van der Waals surface area contributed by atoms with E-state index in [9.17, 15) is 45.5 Å². The van der Waals surface area contributed by atoms with Crippen molar-refractivity contribution in [1.82, 2.24) is 0 Å². The van der Waals surface area contributed by atoms with Crippen LogP contribution >= 0.6 is 0 Å². The molecule has 0 radical (unpaired) electrons. The number of hydrogen-bond acceptors (Lipinski definition) is 8. The molecule has 0 saturated heterocycles. The summed E-state index contributed by atoms with van der Waals surface area (Å²) in [5.41, 5.74) is -4.33. The molecule has 6 rings (SSSR count). The predicted molar refractivity (Wildman–Crippen MR) is 134 cm³/mol. The highest BCUT2D eigenvalue weighted by atomic mass is 19.4. The number of hydrogen-bond donors (Lipinski definition) is 0. The van der Waals surface area contributed by atoms with Crippen LogP contribution in [-0.2, 0) is 21.8 Å². The second-order valence-electron chi connectivity index (χ2n) is 9.43. The highest BCUT2D eigenvalue weighted by Crippen LogP contribution is 2.43. The van der Waals surface area contributed by atoms with Crippen LogP contribution in [0.2, 0.25) is 0 Å². The topological polar surface area (TPSA) is 105 Å². The zero-order valence-electron chi connectivity index (χ0n) is 21.5. The molecule has 2 aliphatic heterocycles. The molecule has 0 unspecified atom stereocenters. The van der Waals surface area contributed by atoms with Crippen molar-refractivity contribution in [3.63, 3.8) is 0 Å². The largest absolute Gasteiger partial charge is 0.457 e. The maximum atomic E-state index is 13.7. The van der Waals surface area contributed by atoms with E-state index in [0.717, 1.165) is 12.1 Å². The Morgan fingerprint density at radius 1 is 0.455 bits per heavy atom. The summed E-state index contributed by atoms with van der Waals surface area (Å²) in [5.74, 6) is -4.09. The highest BCUT2D eigenvalue weighted by Gasteiger charge is 2.37. The molecule has 44 heavy (non-hydrogen) atoms. The number of rotatable bonds is 5. The van der Waals surface area contributed by atoms with Crippen LogP contribution in [0.5, 0.6) is 23.0 Å². The summed E-state index contributed by atoms with van der Waals surface area (Å²) in [6.45, 7) is 0. The first-order valence-corrected chi connectivity index (χ1v) is 12.3. The summed E-state index contributed by atoms with van der Waals surface area (Å²) in [5, 5.41) is 0. The second-order valence-corrected chi connectivity index (χ2v) is 9.43. The van der Waals surface area contributed by atoms with Crippen molar-refractivity contribution in [2.45, 2.75) is 12.4 Å². The van der Waals surface area contributed by atoms with Gasteiger partial charge in [-0.2, -0.15) is 26.3 Å². The Labute approximate surface area is 241 Å². The summed E-state index contributed by atoms with van der Waals surface area (Å²) in [4.78, 5) is 47.4. The maximum absolute atomic E-state index is 13.7. The van der Waals surface area contributed by atoms with Gasteiger partial charge in [-0.25, -0.2) is 19.2 Å². The lowest BCUT2D eigenvalue weighted by Crippen LogP contribution is -2.11. The van der Waals surface area contributed by atoms with Crippen LogP contribution in [-0.4, -0.2) is 23.9 Å². The zero-order valence-corrected chi connectivity index (χ0v) is 21.5. The van der Waals surface area contributed by atoms with Gasteiger partial charge in [0.2, 0.25) is 0 Å². The zero-order chi connectivity index (χ0) is 31.6. The molecule has 0 N–H and O–H groups in total. The number of carbonyl (C=O) groups excluding carboxylic acids is 4. The first-order chi connectivity index (χ1) is 20.7. The van der Waals surface area contributed by atoms with E-state index >= 15 is 0 Å². The van der Waals surface area contributed by atoms with Gasteiger partial charge >= 0.3 is 36.2 Å². The Bertz CT molecular complexity index is 1890. The van der Waals surface area contributed by atoms with Crippen LogP contribution in [0.25, 0.3) is 11.1 Å². The van der Waals surface area contributed by atoms with Crippen LogP contribution in [0.1, 0.15) is 52.6 Å². The van der Waals surface area contributed by atoms with E-state index in [1.807, 2.05) is 0 Å². The average Bonchev–Trinajstić information content (AvgIpc) is 3.40. The fourth-order valence-electron chi connectivity index (χ4n) is 4.52. The van der Waals surface area contributed by atoms with Gasteiger partial charge in [-0.05, 0) is 78.4 Å².